The number of ether oxygens (including phenoxy) is 2. The lowest BCUT2D eigenvalue weighted by atomic mass is 10.1. The fourth-order valence-electron chi connectivity index (χ4n) is 1.94. The molecule has 0 bridgehead atoms. The Bertz CT molecular complexity index is 449. The van der Waals surface area contributed by atoms with Crippen LogP contribution in [0.15, 0.2) is 18.2 Å². The minimum absolute atomic E-state index is 0.105. The van der Waals surface area contributed by atoms with E-state index in [1.165, 1.54) is 5.56 Å². The lowest BCUT2D eigenvalue weighted by Gasteiger charge is -2.23. The number of nitrogens with zero attached hydrogens (tertiary/aromatic N) is 1. The molecule has 0 spiro atoms. The van der Waals surface area contributed by atoms with Crippen molar-refractivity contribution in [1.29, 1.82) is 0 Å². The van der Waals surface area contributed by atoms with Gasteiger partial charge in [0.25, 0.3) is 0 Å². The van der Waals surface area contributed by atoms with Crippen LogP contribution >= 0.6 is 0 Å². The van der Waals surface area contributed by atoms with E-state index >= 15 is 0 Å². The summed E-state index contributed by atoms with van der Waals surface area (Å²) in [6.07, 6.45) is 0.806. The van der Waals surface area contributed by atoms with Crippen LogP contribution in [0.2, 0.25) is 0 Å². The molecule has 0 radical (unpaired) electrons. The van der Waals surface area contributed by atoms with Crippen molar-refractivity contribution in [1.82, 2.24) is 4.90 Å². The SMILES string of the molecule is COCCCN(CCOC)C(=O)Nc1ccc(C)c(C)c1. The Balaban J connectivity index is 2.62. The third-order valence-electron chi connectivity index (χ3n) is 3.39. The molecular weight excluding hydrogens is 268 g/mol. The molecule has 21 heavy (non-hydrogen) atoms. The first-order valence-corrected chi connectivity index (χ1v) is 7.19. The molecule has 1 aromatic carbocycles. The molecule has 0 unspecified atom stereocenters. The van der Waals surface area contributed by atoms with Gasteiger partial charge in [0.15, 0.2) is 0 Å². The quantitative estimate of drug-likeness (QED) is 0.750. The number of amides is 2. The van der Waals surface area contributed by atoms with Crippen LogP contribution in [0.4, 0.5) is 10.5 Å². The van der Waals surface area contributed by atoms with Gasteiger partial charge in [0.05, 0.1) is 6.61 Å². The molecule has 0 saturated carbocycles. The lowest BCUT2D eigenvalue weighted by Crippen LogP contribution is -2.38. The summed E-state index contributed by atoms with van der Waals surface area (Å²) in [5.74, 6) is 0. The van der Waals surface area contributed by atoms with Gasteiger partial charge in [-0.1, -0.05) is 6.07 Å². The molecule has 2 amide bonds. The molecule has 118 valence electrons. The first-order chi connectivity index (χ1) is 10.1. The van der Waals surface area contributed by atoms with E-state index in [0.717, 1.165) is 17.7 Å². The van der Waals surface area contributed by atoms with E-state index in [4.69, 9.17) is 9.47 Å². The van der Waals surface area contributed by atoms with Gasteiger partial charge in [-0.2, -0.15) is 0 Å². The van der Waals surface area contributed by atoms with Crippen LogP contribution in [0.25, 0.3) is 0 Å². The minimum Gasteiger partial charge on any atom is -0.385 e. The standard InChI is InChI=1S/C16H26N2O3/c1-13-6-7-15(12-14(13)2)17-16(19)18(9-11-21-4)8-5-10-20-3/h6-7,12H,5,8-11H2,1-4H3,(H,17,19). The van der Waals surface area contributed by atoms with Gasteiger partial charge >= 0.3 is 6.03 Å². The van der Waals surface area contributed by atoms with Crippen molar-refractivity contribution in [2.24, 2.45) is 0 Å². The number of anilines is 1. The Morgan fingerprint density at radius 1 is 1.10 bits per heavy atom. The van der Waals surface area contributed by atoms with Gasteiger partial charge in [0.1, 0.15) is 0 Å². The molecule has 0 aromatic heterocycles. The Labute approximate surface area is 127 Å². The molecule has 0 aliphatic heterocycles. The zero-order valence-corrected chi connectivity index (χ0v) is 13.4. The fraction of sp³-hybridized carbons (Fsp3) is 0.562. The smallest absolute Gasteiger partial charge is 0.321 e. The third kappa shape index (κ3) is 6.14. The highest BCUT2D eigenvalue weighted by molar-refractivity contribution is 5.89. The molecule has 0 aliphatic rings. The number of benzene rings is 1. The summed E-state index contributed by atoms with van der Waals surface area (Å²) in [5, 5.41) is 2.94. The number of urea groups is 1. The second-order valence-corrected chi connectivity index (χ2v) is 5.06. The van der Waals surface area contributed by atoms with E-state index in [1.807, 2.05) is 25.1 Å². The van der Waals surface area contributed by atoms with Gasteiger partial charge in [0.2, 0.25) is 0 Å². The molecule has 5 heteroatoms. The van der Waals surface area contributed by atoms with Gasteiger partial charge in [-0.25, -0.2) is 4.79 Å². The highest BCUT2D eigenvalue weighted by Gasteiger charge is 2.13. The summed E-state index contributed by atoms with van der Waals surface area (Å²) in [6.45, 7) is 6.46. The van der Waals surface area contributed by atoms with E-state index in [0.29, 0.717) is 26.3 Å². The van der Waals surface area contributed by atoms with Gasteiger partial charge in [-0.15, -0.1) is 0 Å². The molecule has 0 fully saturated rings. The molecule has 1 rings (SSSR count). The monoisotopic (exact) mass is 294 g/mol. The Kier molecular flexibility index (Phi) is 7.79. The van der Waals surface area contributed by atoms with Crippen LogP contribution in [0.3, 0.4) is 0 Å². The van der Waals surface area contributed by atoms with Crippen molar-refractivity contribution in [3.63, 3.8) is 0 Å². The number of carbonyl (C=O) groups is 1. The zero-order valence-electron chi connectivity index (χ0n) is 13.4. The van der Waals surface area contributed by atoms with Crippen molar-refractivity contribution in [3.05, 3.63) is 29.3 Å². The van der Waals surface area contributed by atoms with E-state index in [1.54, 1.807) is 19.1 Å². The molecule has 1 N–H and O–H groups in total. The van der Waals surface area contributed by atoms with Crippen LogP contribution in [0, 0.1) is 13.8 Å². The topological polar surface area (TPSA) is 50.8 Å². The predicted molar refractivity (Wildman–Crippen MR) is 84.9 cm³/mol. The van der Waals surface area contributed by atoms with Crippen molar-refractivity contribution >= 4 is 11.7 Å². The van der Waals surface area contributed by atoms with Crippen molar-refractivity contribution in [2.75, 3.05) is 45.8 Å². The molecule has 0 saturated heterocycles. The average Bonchev–Trinajstić information content (AvgIpc) is 2.46. The Morgan fingerprint density at radius 3 is 2.43 bits per heavy atom. The largest absolute Gasteiger partial charge is 0.385 e. The van der Waals surface area contributed by atoms with Gasteiger partial charge in [-0.05, 0) is 43.5 Å². The molecular formula is C16H26N2O3. The molecule has 0 heterocycles. The number of hydrogen-bond donors (Lipinski definition) is 1. The maximum Gasteiger partial charge on any atom is 0.321 e. The Morgan fingerprint density at radius 2 is 1.81 bits per heavy atom. The Hall–Kier alpha value is -1.59. The summed E-state index contributed by atoms with van der Waals surface area (Å²) >= 11 is 0. The normalized spacial score (nSPS) is 10.5. The average molecular weight is 294 g/mol. The van der Waals surface area contributed by atoms with E-state index in [9.17, 15) is 4.79 Å². The van der Waals surface area contributed by atoms with E-state index < -0.39 is 0 Å². The first-order valence-electron chi connectivity index (χ1n) is 7.19. The highest BCUT2D eigenvalue weighted by Crippen LogP contribution is 2.14. The predicted octanol–water partition coefficient (Wildman–Crippen LogP) is 2.82. The molecule has 1 aromatic rings. The van der Waals surface area contributed by atoms with E-state index in [-0.39, 0.29) is 6.03 Å². The van der Waals surface area contributed by atoms with Gasteiger partial charge in [-0.3, -0.25) is 0 Å². The van der Waals surface area contributed by atoms with Crippen LogP contribution in [-0.4, -0.2) is 51.5 Å². The van der Waals surface area contributed by atoms with Crippen molar-refractivity contribution in [3.8, 4) is 0 Å². The minimum atomic E-state index is -0.105. The van der Waals surface area contributed by atoms with Gasteiger partial charge < -0.3 is 19.7 Å². The lowest BCUT2D eigenvalue weighted by molar-refractivity contribution is 0.143. The summed E-state index contributed by atoms with van der Waals surface area (Å²) in [4.78, 5) is 14.1. The van der Waals surface area contributed by atoms with Crippen LogP contribution < -0.4 is 5.32 Å². The number of nitrogens with one attached hydrogen (secondary N) is 1. The zero-order chi connectivity index (χ0) is 15.7. The second-order valence-electron chi connectivity index (χ2n) is 5.06. The maximum absolute atomic E-state index is 12.3. The highest BCUT2D eigenvalue weighted by atomic mass is 16.5. The van der Waals surface area contributed by atoms with Crippen LogP contribution in [0.5, 0.6) is 0 Å². The van der Waals surface area contributed by atoms with Crippen molar-refractivity contribution in [2.45, 2.75) is 20.3 Å². The second kappa shape index (κ2) is 9.37. The number of methoxy groups -OCH3 is 2. The van der Waals surface area contributed by atoms with Crippen LogP contribution in [-0.2, 0) is 9.47 Å². The number of rotatable bonds is 8. The molecule has 5 nitrogen and oxygen atoms in total. The van der Waals surface area contributed by atoms with Gasteiger partial charge in [0, 0.05) is 39.6 Å². The molecule has 0 aliphatic carbocycles. The van der Waals surface area contributed by atoms with Crippen molar-refractivity contribution < 1.29 is 14.3 Å². The summed E-state index contributed by atoms with van der Waals surface area (Å²) in [5.41, 5.74) is 3.19. The third-order valence-corrected chi connectivity index (χ3v) is 3.39. The van der Waals surface area contributed by atoms with E-state index in [2.05, 4.69) is 12.2 Å². The summed E-state index contributed by atoms with van der Waals surface area (Å²) in [6, 6.07) is 5.81. The van der Waals surface area contributed by atoms with Crippen LogP contribution in [0.1, 0.15) is 17.5 Å². The molecule has 0 atom stereocenters. The number of hydrogen-bond acceptors (Lipinski definition) is 3. The maximum atomic E-state index is 12.3. The first kappa shape index (κ1) is 17.5. The summed E-state index contributed by atoms with van der Waals surface area (Å²) < 4.78 is 10.1. The fourth-order valence-corrected chi connectivity index (χ4v) is 1.94. The number of carbonyl (C=O) groups excluding carboxylic acids is 1. The number of aryl methyl sites for hydroxylation is 2. The summed E-state index contributed by atoms with van der Waals surface area (Å²) in [7, 11) is 3.29.